The fraction of sp³-hybridized carbons (Fsp3) is 0.625. The lowest BCUT2D eigenvalue weighted by Gasteiger charge is -2.35. The third-order valence-electron chi connectivity index (χ3n) is 6.37. The molecule has 3 atom stereocenters. The number of rotatable bonds is 6. The Bertz CT molecular complexity index is 951. The number of hydrogen-bond acceptors (Lipinski definition) is 6. The van der Waals surface area contributed by atoms with Crippen molar-refractivity contribution in [1.82, 2.24) is 24.8 Å². The molecule has 1 aliphatic heterocycles. The van der Waals surface area contributed by atoms with Crippen molar-refractivity contribution >= 4 is 5.91 Å². The molecule has 2 heterocycles. The summed E-state index contributed by atoms with van der Waals surface area (Å²) in [5.41, 5.74) is 0.906. The van der Waals surface area contributed by atoms with Crippen LogP contribution < -0.4 is 0 Å². The fourth-order valence-corrected chi connectivity index (χ4v) is 4.23. The summed E-state index contributed by atoms with van der Waals surface area (Å²) in [4.78, 5) is 16.6. The summed E-state index contributed by atoms with van der Waals surface area (Å²) in [5.74, 6) is -0.0933. The molecule has 1 aromatic heterocycles. The normalized spacial score (nSPS) is 21.4. The number of ether oxygens (including phenoxy) is 1. The average molecular weight is 498 g/mol. The summed E-state index contributed by atoms with van der Waals surface area (Å²) < 4.78 is 46.6. The van der Waals surface area contributed by atoms with Crippen molar-refractivity contribution in [2.45, 2.75) is 64.7 Å². The number of halogens is 3. The molecule has 0 spiro atoms. The molecule has 194 valence electrons. The van der Waals surface area contributed by atoms with E-state index in [0.29, 0.717) is 45.6 Å². The first kappa shape index (κ1) is 27.1. The van der Waals surface area contributed by atoms with Crippen LogP contribution in [0.1, 0.15) is 43.5 Å². The summed E-state index contributed by atoms with van der Waals surface area (Å²) in [6.45, 7) is 5.90. The molecule has 35 heavy (non-hydrogen) atoms. The predicted molar refractivity (Wildman–Crippen MR) is 123 cm³/mol. The first-order chi connectivity index (χ1) is 16.6. The number of aliphatic hydroxyl groups excluding tert-OH is 1. The molecule has 0 unspecified atom stereocenters. The zero-order valence-corrected chi connectivity index (χ0v) is 20.4. The van der Waals surface area contributed by atoms with Crippen molar-refractivity contribution in [2.75, 3.05) is 26.7 Å². The number of fused-ring (bicyclic) bond motifs is 1. The number of aryl methyl sites for hydroxylation is 1. The largest absolute Gasteiger partial charge is 0.416 e. The van der Waals surface area contributed by atoms with E-state index in [1.54, 1.807) is 15.8 Å². The van der Waals surface area contributed by atoms with Crippen molar-refractivity contribution in [1.29, 1.82) is 0 Å². The van der Waals surface area contributed by atoms with Gasteiger partial charge in [-0.3, -0.25) is 9.69 Å². The van der Waals surface area contributed by atoms with Gasteiger partial charge in [0.05, 0.1) is 42.8 Å². The van der Waals surface area contributed by atoms with Gasteiger partial charge in [-0.25, -0.2) is 4.68 Å². The van der Waals surface area contributed by atoms with E-state index in [1.807, 2.05) is 25.8 Å². The number of aromatic nitrogens is 3. The van der Waals surface area contributed by atoms with Gasteiger partial charge < -0.3 is 14.7 Å². The smallest absolute Gasteiger partial charge is 0.394 e. The molecule has 0 saturated carbocycles. The third kappa shape index (κ3) is 7.49. The number of alkyl halides is 3. The van der Waals surface area contributed by atoms with Crippen LogP contribution in [-0.2, 0) is 35.4 Å². The lowest BCUT2D eigenvalue weighted by atomic mass is 10.0. The Morgan fingerprint density at radius 2 is 2.00 bits per heavy atom. The van der Waals surface area contributed by atoms with Crippen LogP contribution in [0.2, 0.25) is 0 Å². The number of aliphatic hydroxyl groups is 1. The molecule has 1 aliphatic rings. The number of nitrogens with zero attached hydrogens (tertiary/aromatic N) is 5. The highest BCUT2D eigenvalue weighted by molar-refractivity contribution is 5.76. The summed E-state index contributed by atoms with van der Waals surface area (Å²) >= 11 is 0. The van der Waals surface area contributed by atoms with Gasteiger partial charge in [0.25, 0.3) is 0 Å². The van der Waals surface area contributed by atoms with E-state index < -0.39 is 11.7 Å². The van der Waals surface area contributed by atoms with Crippen LogP contribution in [0.4, 0.5) is 13.2 Å². The molecule has 1 amide bonds. The Hall–Kier alpha value is -2.50. The maximum atomic E-state index is 12.9. The van der Waals surface area contributed by atoms with Gasteiger partial charge in [-0.15, -0.1) is 5.10 Å². The molecular weight excluding hydrogens is 463 g/mol. The van der Waals surface area contributed by atoms with E-state index in [2.05, 4.69) is 10.3 Å². The van der Waals surface area contributed by atoms with Gasteiger partial charge in [0.1, 0.15) is 0 Å². The summed E-state index contributed by atoms with van der Waals surface area (Å²) in [6.07, 6.45) is -2.04. The minimum atomic E-state index is -4.36. The van der Waals surface area contributed by atoms with Crippen molar-refractivity contribution < 1.29 is 27.8 Å². The molecule has 8 nitrogen and oxygen atoms in total. The molecule has 2 aromatic rings. The molecule has 11 heteroatoms. The van der Waals surface area contributed by atoms with Crippen LogP contribution in [0.5, 0.6) is 0 Å². The number of benzene rings is 1. The van der Waals surface area contributed by atoms with Crippen molar-refractivity contribution in [3.05, 3.63) is 47.3 Å². The van der Waals surface area contributed by atoms with Crippen LogP contribution in [0.25, 0.3) is 0 Å². The Morgan fingerprint density at radius 3 is 2.66 bits per heavy atom. The Balaban J connectivity index is 1.75. The highest BCUT2D eigenvalue weighted by Crippen LogP contribution is 2.29. The molecule has 0 fully saturated rings. The van der Waals surface area contributed by atoms with Crippen LogP contribution in [-0.4, -0.2) is 74.7 Å². The monoisotopic (exact) mass is 497 g/mol. The Morgan fingerprint density at radius 1 is 1.29 bits per heavy atom. The van der Waals surface area contributed by atoms with E-state index >= 15 is 0 Å². The summed E-state index contributed by atoms with van der Waals surface area (Å²) in [6, 6.07) is 4.83. The van der Waals surface area contributed by atoms with Crippen molar-refractivity contribution in [2.24, 2.45) is 5.92 Å². The highest BCUT2D eigenvalue weighted by Gasteiger charge is 2.30. The molecule has 3 rings (SSSR count). The van der Waals surface area contributed by atoms with Crippen LogP contribution in [0.15, 0.2) is 30.5 Å². The molecule has 0 radical (unpaired) electrons. The minimum absolute atomic E-state index is 0.0301. The van der Waals surface area contributed by atoms with Gasteiger partial charge in [0.15, 0.2) is 0 Å². The van der Waals surface area contributed by atoms with Gasteiger partial charge >= 0.3 is 6.18 Å². The standard InChI is InChI=1S/C24H34F3N5O3/c1-17-12-31(18(2)15-33)23(34)5-4-10-32-21(11-28-29-32)16-35-22(17)14-30(3)13-19-6-8-20(9-7-19)24(25,26)27/h6-9,11,17-18,22,33H,4-5,10,12-16H2,1-3H3/t17-,18+,22+/m1/s1. The first-order valence-electron chi connectivity index (χ1n) is 11.8. The van der Waals surface area contributed by atoms with Crippen molar-refractivity contribution in [3.8, 4) is 0 Å². The average Bonchev–Trinajstić information content (AvgIpc) is 3.25. The van der Waals surface area contributed by atoms with E-state index in [-0.39, 0.29) is 30.6 Å². The fourth-order valence-electron chi connectivity index (χ4n) is 4.23. The second-order valence-corrected chi connectivity index (χ2v) is 9.35. The Kier molecular flexibility index (Phi) is 9.26. The number of likely N-dealkylation sites (N-methyl/N-ethyl adjacent to an activating group) is 1. The van der Waals surface area contributed by atoms with E-state index in [0.717, 1.165) is 23.4 Å². The first-order valence-corrected chi connectivity index (χ1v) is 11.8. The van der Waals surface area contributed by atoms with Gasteiger partial charge in [-0.05, 0) is 38.1 Å². The zero-order chi connectivity index (χ0) is 25.6. The highest BCUT2D eigenvalue weighted by atomic mass is 19.4. The van der Waals surface area contributed by atoms with Gasteiger partial charge in [0.2, 0.25) is 5.91 Å². The Labute approximate surface area is 203 Å². The van der Waals surface area contributed by atoms with Crippen LogP contribution >= 0.6 is 0 Å². The maximum absolute atomic E-state index is 12.9. The summed E-state index contributed by atoms with van der Waals surface area (Å²) in [7, 11) is 1.88. The third-order valence-corrected chi connectivity index (χ3v) is 6.37. The number of hydrogen-bond donors (Lipinski definition) is 1. The molecule has 1 N–H and O–H groups in total. The predicted octanol–water partition coefficient (Wildman–Crippen LogP) is 2.95. The van der Waals surface area contributed by atoms with Crippen LogP contribution in [0.3, 0.4) is 0 Å². The second-order valence-electron chi connectivity index (χ2n) is 9.35. The number of carbonyl (C=O) groups is 1. The lowest BCUT2D eigenvalue weighted by molar-refractivity contribution is -0.138. The molecule has 1 aromatic carbocycles. The molecule has 0 bridgehead atoms. The molecular formula is C24H34F3N5O3. The van der Waals surface area contributed by atoms with Crippen LogP contribution in [0, 0.1) is 5.92 Å². The number of amides is 1. The maximum Gasteiger partial charge on any atom is 0.416 e. The SMILES string of the molecule is C[C@@H]1CN([C@@H](C)CO)C(=O)CCCn2nncc2CO[C@H]1CN(C)Cc1ccc(C(F)(F)F)cc1. The minimum Gasteiger partial charge on any atom is -0.394 e. The lowest BCUT2D eigenvalue weighted by Crippen LogP contribution is -2.47. The second kappa shape index (κ2) is 12.0. The molecule has 0 saturated heterocycles. The topological polar surface area (TPSA) is 83.7 Å². The zero-order valence-electron chi connectivity index (χ0n) is 20.4. The van der Waals surface area contributed by atoms with Gasteiger partial charge in [-0.1, -0.05) is 24.3 Å². The number of carbonyl (C=O) groups excluding carboxylic acids is 1. The summed E-state index contributed by atoms with van der Waals surface area (Å²) in [5, 5.41) is 17.8. The van der Waals surface area contributed by atoms with E-state index in [9.17, 15) is 23.1 Å². The van der Waals surface area contributed by atoms with Gasteiger partial charge in [0, 0.05) is 38.5 Å². The van der Waals surface area contributed by atoms with Crippen molar-refractivity contribution in [3.63, 3.8) is 0 Å². The quantitative estimate of drug-likeness (QED) is 0.661. The van der Waals surface area contributed by atoms with Gasteiger partial charge in [-0.2, -0.15) is 13.2 Å². The van der Waals surface area contributed by atoms with E-state index in [4.69, 9.17) is 4.74 Å². The molecule has 0 aliphatic carbocycles. The van der Waals surface area contributed by atoms with E-state index in [1.165, 1.54) is 12.1 Å².